The van der Waals surface area contributed by atoms with Crippen LogP contribution in [0.15, 0.2) is 22.7 Å². The van der Waals surface area contributed by atoms with E-state index in [1.165, 1.54) is 12.1 Å². The summed E-state index contributed by atoms with van der Waals surface area (Å²) < 4.78 is 19.5. The van der Waals surface area contributed by atoms with Gasteiger partial charge >= 0.3 is 5.97 Å². The van der Waals surface area contributed by atoms with Gasteiger partial charge in [0.05, 0.1) is 5.92 Å². The van der Waals surface area contributed by atoms with Crippen LogP contribution in [0.25, 0.3) is 0 Å². The molecule has 126 valence electrons. The normalized spacial score (nSPS) is 16.3. The average molecular weight is 386 g/mol. The Kier molecular flexibility index (Phi) is 5.45. The zero-order valence-electron chi connectivity index (χ0n) is 13.6. The highest BCUT2D eigenvalue weighted by atomic mass is 79.9. The summed E-state index contributed by atoms with van der Waals surface area (Å²) in [5.74, 6) is -1.29. The molecule has 1 aromatic carbocycles. The molecule has 1 aliphatic heterocycles. The quantitative estimate of drug-likeness (QED) is 0.574. The highest BCUT2D eigenvalue weighted by Crippen LogP contribution is 2.26. The molecule has 0 atom stereocenters. The summed E-state index contributed by atoms with van der Waals surface area (Å²) >= 11 is 3.16. The lowest BCUT2D eigenvalue weighted by atomic mass is 9.91. The molecule has 0 aromatic heterocycles. The first-order chi connectivity index (χ1) is 10.7. The van der Waals surface area contributed by atoms with E-state index in [1.807, 2.05) is 20.8 Å². The van der Waals surface area contributed by atoms with Crippen LogP contribution in [-0.4, -0.2) is 29.9 Å². The lowest BCUT2D eigenvalue weighted by molar-refractivity contribution is -0.146. The SMILES string of the molecule is CC(C)(C)C(=O)N1CCC(C(=O)Oc2ccc(Br)cc2F)CC1. The molecule has 23 heavy (non-hydrogen) atoms. The van der Waals surface area contributed by atoms with Crippen LogP contribution in [0.4, 0.5) is 4.39 Å². The van der Waals surface area contributed by atoms with Crippen molar-refractivity contribution in [1.29, 1.82) is 0 Å². The third-order valence-electron chi connectivity index (χ3n) is 3.86. The lowest BCUT2D eigenvalue weighted by Crippen LogP contribution is -2.45. The Morgan fingerprint density at radius 3 is 2.39 bits per heavy atom. The fourth-order valence-electron chi connectivity index (χ4n) is 2.54. The van der Waals surface area contributed by atoms with Crippen LogP contribution >= 0.6 is 15.9 Å². The Hall–Kier alpha value is -1.43. The Morgan fingerprint density at radius 2 is 1.87 bits per heavy atom. The first-order valence-electron chi connectivity index (χ1n) is 7.64. The van der Waals surface area contributed by atoms with Crippen LogP contribution in [0.3, 0.4) is 0 Å². The molecule has 0 radical (unpaired) electrons. The van der Waals surface area contributed by atoms with E-state index in [1.54, 1.807) is 11.0 Å². The third kappa shape index (κ3) is 4.53. The monoisotopic (exact) mass is 385 g/mol. The van der Waals surface area contributed by atoms with E-state index in [9.17, 15) is 14.0 Å². The maximum absolute atomic E-state index is 13.7. The molecular weight excluding hydrogens is 365 g/mol. The first kappa shape index (κ1) is 17.9. The van der Waals surface area contributed by atoms with Gasteiger partial charge in [-0.3, -0.25) is 9.59 Å². The summed E-state index contributed by atoms with van der Waals surface area (Å²) in [5.41, 5.74) is -0.423. The highest BCUT2D eigenvalue weighted by molar-refractivity contribution is 9.10. The summed E-state index contributed by atoms with van der Waals surface area (Å²) in [6, 6.07) is 4.30. The summed E-state index contributed by atoms with van der Waals surface area (Å²) in [7, 11) is 0. The predicted octanol–water partition coefficient (Wildman–Crippen LogP) is 3.78. The van der Waals surface area contributed by atoms with Gasteiger partial charge in [0, 0.05) is 23.0 Å². The molecule has 0 saturated carbocycles. The molecule has 4 nitrogen and oxygen atoms in total. The molecule has 1 aromatic rings. The predicted molar refractivity (Wildman–Crippen MR) is 88.5 cm³/mol. The molecule has 0 N–H and O–H groups in total. The number of carbonyl (C=O) groups excluding carboxylic acids is 2. The molecule has 1 saturated heterocycles. The number of hydrogen-bond donors (Lipinski definition) is 0. The van der Waals surface area contributed by atoms with Gasteiger partial charge in [0.2, 0.25) is 5.91 Å². The summed E-state index contributed by atoms with van der Waals surface area (Å²) in [6.07, 6.45) is 1.08. The minimum atomic E-state index is -0.576. The Bertz CT molecular complexity index is 604. The molecule has 0 aliphatic carbocycles. The second-order valence-corrected chi connectivity index (χ2v) is 7.73. The number of piperidine rings is 1. The first-order valence-corrected chi connectivity index (χ1v) is 8.44. The van der Waals surface area contributed by atoms with E-state index in [4.69, 9.17) is 4.74 Å². The van der Waals surface area contributed by atoms with E-state index >= 15 is 0 Å². The number of esters is 1. The van der Waals surface area contributed by atoms with Gasteiger partial charge in [0.25, 0.3) is 0 Å². The van der Waals surface area contributed by atoms with Gasteiger partial charge < -0.3 is 9.64 Å². The van der Waals surface area contributed by atoms with Crippen molar-refractivity contribution < 1.29 is 18.7 Å². The zero-order chi connectivity index (χ0) is 17.2. The molecular formula is C17H21BrFNO3. The number of hydrogen-bond acceptors (Lipinski definition) is 3. The second kappa shape index (κ2) is 6.99. The number of ether oxygens (including phenoxy) is 1. The molecule has 1 heterocycles. The number of rotatable bonds is 2. The van der Waals surface area contributed by atoms with Gasteiger partial charge in [0.1, 0.15) is 0 Å². The molecule has 1 aliphatic rings. The van der Waals surface area contributed by atoms with Crippen LogP contribution in [-0.2, 0) is 9.59 Å². The Balaban J connectivity index is 1.92. The maximum atomic E-state index is 13.7. The fourth-order valence-corrected chi connectivity index (χ4v) is 2.88. The van der Waals surface area contributed by atoms with Gasteiger partial charge in [-0.15, -0.1) is 0 Å². The standard InChI is InChI=1S/C17H21BrFNO3/c1-17(2,3)16(22)20-8-6-11(7-9-20)15(21)23-14-5-4-12(18)10-13(14)19/h4-5,10-11H,6-9H2,1-3H3. The number of carbonyl (C=O) groups is 2. The molecule has 1 fully saturated rings. The third-order valence-corrected chi connectivity index (χ3v) is 4.35. The second-order valence-electron chi connectivity index (χ2n) is 6.81. The van der Waals surface area contributed by atoms with Crippen LogP contribution in [0.2, 0.25) is 0 Å². The number of benzene rings is 1. The molecule has 0 spiro atoms. The molecule has 1 amide bonds. The highest BCUT2D eigenvalue weighted by Gasteiger charge is 2.33. The van der Waals surface area contributed by atoms with Crippen molar-refractivity contribution in [2.75, 3.05) is 13.1 Å². The van der Waals surface area contributed by atoms with Crippen LogP contribution in [0.1, 0.15) is 33.6 Å². The van der Waals surface area contributed by atoms with E-state index in [-0.39, 0.29) is 17.6 Å². The lowest BCUT2D eigenvalue weighted by Gasteiger charge is -2.34. The maximum Gasteiger partial charge on any atom is 0.314 e. The zero-order valence-corrected chi connectivity index (χ0v) is 15.2. The van der Waals surface area contributed by atoms with Gasteiger partial charge in [-0.2, -0.15) is 0 Å². The smallest absolute Gasteiger partial charge is 0.314 e. The number of nitrogens with zero attached hydrogens (tertiary/aromatic N) is 1. The minimum Gasteiger partial charge on any atom is -0.423 e. The largest absolute Gasteiger partial charge is 0.423 e. The van der Waals surface area contributed by atoms with E-state index < -0.39 is 17.2 Å². The van der Waals surface area contributed by atoms with Crippen LogP contribution in [0, 0.1) is 17.2 Å². The molecule has 0 unspecified atom stereocenters. The summed E-state index contributed by atoms with van der Waals surface area (Å²) in [5, 5.41) is 0. The van der Waals surface area contributed by atoms with Crippen molar-refractivity contribution in [1.82, 2.24) is 4.90 Å². The van der Waals surface area contributed by atoms with E-state index in [0.717, 1.165) is 0 Å². The average Bonchev–Trinajstić information content (AvgIpc) is 2.48. The van der Waals surface area contributed by atoms with Crippen molar-refractivity contribution in [3.63, 3.8) is 0 Å². The van der Waals surface area contributed by atoms with Gasteiger partial charge in [0.15, 0.2) is 11.6 Å². The van der Waals surface area contributed by atoms with Gasteiger partial charge in [-0.05, 0) is 31.0 Å². The van der Waals surface area contributed by atoms with Gasteiger partial charge in [-0.25, -0.2) is 4.39 Å². The molecule has 0 bridgehead atoms. The molecule has 2 rings (SSSR count). The van der Waals surface area contributed by atoms with Crippen molar-refractivity contribution in [2.24, 2.45) is 11.3 Å². The molecule has 6 heteroatoms. The van der Waals surface area contributed by atoms with Crippen molar-refractivity contribution >= 4 is 27.8 Å². The summed E-state index contributed by atoms with van der Waals surface area (Å²) in [6.45, 7) is 6.70. The fraction of sp³-hybridized carbons (Fsp3) is 0.529. The van der Waals surface area contributed by atoms with Gasteiger partial charge in [-0.1, -0.05) is 36.7 Å². The minimum absolute atomic E-state index is 0.0635. The Morgan fingerprint density at radius 1 is 1.26 bits per heavy atom. The van der Waals surface area contributed by atoms with Crippen LogP contribution in [0.5, 0.6) is 5.75 Å². The van der Waals surface area contributed by atoms with Crippen molar-refractivity contribution in [2.45, 2.75) is 33.6 Å². The Labute approximate surface area is 144 Å². The van der Waals surface area contributed by atoms with Crippen molar-refractivity contribution in [3.05, 3.63) is 28.5 Å². The summed E-state index contributed by atoms with van der Waals surface area (Å²) in [4.78, 5) is 26.2. The number of amides is 1. The van der Waals surface area contributed by atoms with Crippen molar-refractivity contribution in [3.8, 4) is 5.75 Å². The topological polar surface area (TPSA) is 46.6 Å². The van der Waals surface area contributed by atoms with E-state index in [0.29, 0.717) is 30.4 Å². The number of likely N-dealkylation sites (tertiary alicyclic amines) is 1. The van der Waals surface area contributed by atoms with Crippen LogP contribution < -0.4 is 4.74 Å². The number of halogens is 2. The van der Waals surface area contributed by atoms with E-state index in [2.05, 4.69) is 15.9 Å².